The van der Waals surface area contributed by atoms with E-state index in [9.17, 15) is 4.79 Å². The maximum absolute atomic E-state index is 11.5. The molecule has 0 radical (unpaired) electrons. The van der Waals surface area contributed by atoms with Crippen LogP contribution in [0.1, 0.15) is 33.6 Å². The van der Waals surface area contributed by atoms with Crippen LogP contribution in [0.15, 0.2) is 0 Å². The van der Waals surface area contributed by atoms with Gasteiger partial charge in [0, 0.05) is 6.54 Å². The van der Waals surface area contributed by atoms with E-state index in [1.807, 2.05) is 13.8 Å². The molecule has 0 heterocycles. The minimum atomic E-state index is -0.0880. The Kier molecular flexibility index (Phi) is 4.39. The van der Waals surface area contributed by atoms with Crippen molar-refractivity contribution in [1.82, 2.24) is 4.90 Å². The molecule has 0 aromatic carbocycles. The molecule has 0 amide bonds. The van der Waals surface area contributed by atoms with Gasteiger partial charge in [0.15, 0.2) is 0 Å². The third-order valence-electron chi connectivity index (χ3n) is 2.77. The maximum Gasteiger partial charge on any atom is 0.323 e. The Morgan fingerprint density at radius 3 is 2.57 bits per heavy atom. The lowest BCUT2D eigenvalue weighted by Gasteiger charge is -2.25. The third-order valence-corrected chi connectivity index (χ3v) is 2.77. The van der Waals surface area contributed by atoms with Crippen molar-refractivity contribution in [3.05, 3.63) is 0 Å². The van der Waals surface area contributed by atoms with E-state index in [1.54, 1.807) is 0 Å². The summed E-state index contributed by atoms with van der Waals surface area (Å²) < 4.78 is 5.01. The molecule has 3 heteroatoms. The predicted molar refractivity (Wildman–Crippen MR) is 56.1 cm³/mol. The molecule has 1 saturated carbocycles. The number of rotatable bonds is 6. The number of esters is 1. The fourth-order valence-corrected chi connectivity index (χ4v) is 1.61. The Bertz CT molecular complexity index is 190. The molecule has 0 aromatic rings. The maximum atomic E-state index is 11.5. The lowest BCUT2D eigenvalue weighted by Crippen LogP contribution is -2.41. The van der Waals surface area contributed by atoms with E-state index in [0.717, 1.165) is 19.0 Å². The van der Waals surface area contributed by atoms with Gasteiger partial charge in [-0.2, -0.15) is 0 Å². The van der Waals surface area contributed by atoms with E-state index in [2.05, 4.69) is 11.8 Å². The molecule has 1 aliphatic carbocycles. The molecule has 0 aliphatic heterocycles. The van der Waals surface area contributed by atoms with Crippen molar-refractivity contribution < 1.29 is 9.53 Å². The van der Waals surface area contributed by atoms with Crippen molar-refractivity contribution in [2.45, 2.75) is 39.7 Å². The highest BCUT2D eigenvalue weighted by atomic mass is 16.5. The molecule has 1 unspecified atom stereocenters. The van der Waals surface area contributed by atoms with Crippen molar-refractivity contribution in [3.63, 3.8) is 0 Å². The van der Waals surface area contributed by atoms with Crippen molar-refractivity contribution in [1.29, 1.82) is 0 Å². The zero-order valence-corrected chi connectivity index (χ0v) is 9.45. The molecule has 1 atom stereocenters. The Labute approximate surface area is 86.4 Å². The van der Waals surface area contributed by atoms with Crippen LogP contribution in [0.25, 0.3) is 0 Å². The number of hydrogen-bond donors (Lipinski definition) is 0. The minimum Gasteiger partial charge on any atom is -0.465 e. The van der Waals surface area contributed by atoms with E-state index in [4.69, 9.17) is 4.74 Å². The van der Waals surface area contributed by atoms with Crippen LogP contribution in [0, 0.1) is 5.92 Å². The van der Waals surface area contributed by atoms with Crippen LogP contribution in [-0.2, 0) is 9.53 Å². The van der Waals surface area contributed by atoms with Crippen molar-refractivity contribution >= 4 is 5.97 Å². The Balaban J connectivity index is 2.36. The van der Waals surface area contributed by atoms with Gasteiger partial charge in [-0.25, -0.2) is 0 Å². The molecule has 0 aromatic heterocycles. The fourth-order valence-electron chi connectivity index (χ4n) is 1.61. The summed E-state index contributed by atoms with van der Waals surface area (Å²) in [6.45, 7) is 8.33. The minimum absolute atomic E-state index is 0.0828. The lowest BCUT2D eigenvalue weighted by molar-refractivity contribution is -0.148. The quantitative estimate of drug-likeness (QED) is 0.609. The first-order valence-electron chi connectivity index (χ1n) is 5.59. The molecule has 14 heavy (non-hydrogen) atoms. The normalized spacial score (nSPS) is 18.3. The van der Waals surface area contributed by atoms with E-state index in [1.165, 1.54) is 12.8 Å². The van der Waals surface area contributed by atoms with Gasteiger partial charge in [-0.1, -0.05) is 6.92 Å². The summed E-state index contributed by atoms with van der Waals surface area (Å²) in [5.41, 5.74) is 0. The smallest absolute Gasteiger partial charge is 0.323 e. The summed E-state index contributed by atoms with van der Waals surface area (Å²) in [4.78, 5) is 13.7. The second-order valence-corrected chi connectivity index (χ2v) is 3.96. The second-order valence-electron chi connectivity index (χ2n) is 3.96. The summed E-state index contributed by atoms with van der Waals surface area (Å²) in [6, 6.07) is -0.0828. The Morgan fingerprint density at radius 2 is 2.14 bits per heavy atom. The monoisotopic (exact) mass is 199 g/mol. The largest absolute Gasteiger partial charge is 0.465 e. The molecule has 82 valence electrons. The van der Waals surface area contributed by atoms with Gasteiger partial charge >= 0.3 is 5.97 Å². The highest BCUT2D eigenvalue weighted by Crippen LogP contribution is 2.30. The fraction of sp³-hybridized carbons (Fsp3) is 0.909. The van der Waals surface area contributed by atoms with Crippen LogP contribution in [0.4, 0.5) is 0 Å². The van der Waals surface area contributed by atoms with Crippen LogP contribution >= 0.6 is 0 Å². The average Bonchev–Trinajstić information content (AvgIpc) is 2.97. The van der Waals surface area contributed by atoms with Gasteiger partial charge in [-0.15, -0.1) is 0 Å². The van der Waals surface area contributed by atoms with Crippen molar-refractivity contribution in [2.75, 3.05) is 19.7 Å². The molecule has 0 N–H and O–H groups in total. The number of carbonyl (C=O) groups is 1. The number of hydrogen-bond acceptors (Lipinski definition) is 3. The van der Waals surface area contributed by atoms with E-state index >= 15 is 0 Å². The Hall–Kier alpha value is -0.570. The summed E-state index contributed by atoms with van der Waals surface area (Å²) >= 11 is 0. The first-order valence-corrected chi connectivity index (χ1v) is 5.59. The van der Waals surface area contributed by atoms with Gasteiger partial charge in [0.1, 0.15) is 6.04 Å². The van der Waals surface area contributed by atoms with E-state index in [0.29, 0.717) is 6.61 Å². The van der Waals surface area contributed by atoms with Gasteiger partial charge in [0.05, 0.1) is 6.61 Å². The van der Waals surface area contributed by atoms with Crippen LogP contribution in [0.2, 0.25) is 0 Å². The zero-order valence-electron chi connectivity index (χ0n) is 9.45. The van der Waals surface area contributed by atoms with Crippen LogP contribution in [0.5, 0.6) is 0 Å². The topological polar surface area (TPSA) is 29.5 Å². The van der Waals surface area contributed by atoms with Gasteiger partial charge < -0.3 is 4.74 Å². The predicted octanol–water partition coefficient (Wildman–Crippen LogP) is 1.67. The van der Waals surface area contributed by atoms with E-state index < -0.39 is 0 Å². The van der Waals surface area contributed by atoms with Crippen molar-refractivity contribution in [2.24, 2.45) is 5.92 Å². The lowest BCUT2D eigenvalue weighted by atomic mass is 10.2. The second kappa shape index (κ2) is 5.35. The van der Waals surface area contributed by atoms with Crippen molar-refractivity contribution in [3.8, 4) is 0 Å². The average molecular weight is 199 g/mol. The first kappa shape index (κ1) is 11.5. The summed E-state index contributed by atoms with van der Waals surface area (Å²) in [7, 11) is 0. The highest BCUT2D eigenvalue weighted by molar-refractivity contribution is 5.75. The van der Waals surface area contributed by atoms with Crippen LogP contribution < -0.4 is 0 Å². The number of nitrogens with zero attached hydrogens (tertiary/aromatic N) is 1. The van der Waals surface area contributed by atoms with Crippen LogP contribution in [-0.4, -0.2) is 36.6 Å². The first-order chi connectivity index (χ1) is 6.69. The third kappa shape index (κ3) is 3.29. The number of likely N-dealkylation sites (N-methyl/N-ethyl adjacent to an activating group) is 1. The standard InChI is InChI=1S/C11H21NO2/c1-4-12(8-10-6-7-10)9(3)11(13)14-5-2/h9-10H,4-8H2,1-3H3. The van der Waals surface area contributed by atoms with Gasteiger partial charge in [0.25, 0.3) is 0 Å². The molecule has 3 nitrogen and oxygen atoms in total. The summed E-state index contributed by atoms with van der Waals surface area (Å²) in [5.74, 6) is 0.738. The van der Waals surface area contributed by atoms with E-state index in [-0.39, 0.29) is 12.0 Å². The summed E-state index contributed by atoms with van der Waals surface area (Å²) in [5, 5.41) is 0. The molecule has 1 aliphatic rings. The number of ether oxygens (including phenoxy) is 1. The van der Waals surface area contributed by atoms with Gasteiger partial charge in [0.2, 0.25) is 0 Å². The number of carbonyl (C=O) groups excluding carboxylic acids is 1. The molecule has 1 fully saturated rings. The molecule has 0 saturated heterocycles. The van der Waals surface area contributed by atoms with Crippen LogP contribution in [0.3, 0.4) is 0 Å². The van der Waals surface area contributed by atoms with Gasteiger partial charge in [-0.3, -0.25) is 9.69 Å². The molecule has 0 spiro atoms. The SMILES string of the molecule is CCOC(=O)C(C)N(CC)CC1CC1. The molecular weight excluding hydrogens is 178 g/mol. The molecular formula is C11H21NO2. The molecule has 1 rings (SSSR count). The molecule has 0 bridgehead atoms. The highest BCUT2D eigenvalue weighted by Gasteiger charge is 2.28. The Morgan fingerprint density at radius 1 is 1.50 bits per heavy atom. The van der Waals surface area contributed by atoms with Gasteiger partial charge in [-0.05, 0) is 39.2 Å². The zero-order chi connectivity index (χ0) is 10.6. The summed E-state index contributed by atoms with van der Waals surface area (Å²) in [6.07, 6.45) is 2.65.